The van der Waals surface area contributed by atoms with Crippen LogP contribution in [0.25, 0.3) is 0 Å². The Bertz CT molecular complexity index is 1080. The van der Waals surface area contributed by atoms with Crippen LogP contribution in [0, 0.1) is 0 Å². The third kappa shape index (κ3) is 4.51. The van der Waals surface area contributed by atoms with E-state index in [9.17, 15) is 4.79 Å². The van der Waals surface area contributed by atoms with Crippen LogP contribution in [-0.2, 0) is 9.53 Å². The van der Waals surface area contributed by atoms with Crippen LogP contribution in [0.15, 0.2) is 67.1 Å². The molecule has 1 amide bonds. The lowest BCUT2D eigenvalue weighted by Crippen LogP contribution is -2.29. The molecule has 2 aromatic heterocycles. The Morgan fingerprint density at radius 3 is 2.62 bits per heavy atom. The molecule has 32 heavy (non-hydrogen) atoms. The molecule has 0 aliphatic carbocycles. The zero-order valence-corrected chi connectivity index (χ0v) is 19.2. The fraction of sp³-hybridized carbons (Fsp3) is 0.292. The summed E-state index contributed by atoms with van der Waals surface area (Å²) >= 11 is 5.77. The molecule has 4 rings (SSSR count). The molecule has 8 heteroatoms. The Morgan fingerprint density at radius 1 is 1.22 bits per heavy atom. The zero-order valence-electron chi connectivity index (χ0n) is 18.4. The van der Waals surface area contributed by atoms with Crippen LogP contribution >= 0.6 is 12.2 Å². The number of carbonyl (C=O) groups is 1. The Hall–Kier alpha value is -3.23. The Balaban J connectivity index is 1.68. The van der Waals surface area contributed by atoms with Gasteiger partial charge in [-0.1, -0.05) is 6.07 Å². The zero-order chi connectivity index (χ0) is 22.7. The van der Waals surface area contributed by atoms with Gasteiger partial charge in [0.05, 0.1) is 17.8 Å². The van der Waals surface area contributed by atoms with E-state index in [2.05, 4.69) is 57.4 Å². The van der Waals surface area contributed by atoms with E-state index in [0.717, 1.165) is 16.9 Å². The van der Waals surface area contributed by atoms with E-state index in [-0.39, 0.29) is 24.6 Å². The largest absolute Gasteiger partial charge is 0.375 e. The first-order chi connectivity index (χ1) is 15.5. The van der Waals surface area contributed by atoms with E-state index in [1.54, 1.807) is 6.20 Å². The molecule has 1 aliphatic rings. The highest BCUT2D eigenvalue weighted by Gasteiger charge is 2.41. The van der Waals surface area contributed by atoms with Gasteiger partial charge in [0.25, 0.3) is 0 Å². The van der Waals surface area contributed by atoms with Gasteiger partial charge in [-0.15, -0.1) is 0 Å². The average molecular weight is 450 g/mol. The number of hydrogen-bond acceptors (Lipinski definition) is 4. The van der Waals surface area contributed by atoms with Crippen molar-refractivity contribution >= 4 is 34.6 Å². The summed E-state index contributed by atoms with van der Waals surface area (Å²) in [5, 5.41) is 6.93. The molecule has 1 fully saturated rings. The summed E-state index contributed by atoms with van der Waals surface area (Å²) in [6, 6.07) is 15.9. The van der Waals surface area contributed by atoms with Gasteiger partial charge in [-0.25, -0.2) is 0 Å². The molecule has 7 nitrogen and oxygen atoms in total. The number of carbonyl (C=O) groups excluding carboxylic acids is 1. The summed E-state index contributed by atoms with van der Waals surface area (Å²) in [6.45, 7) is 4.33. The maximum absolute atomic E-state index is 11.8. The van der Waals surface area contributed by atoms with E-state index in [1.807, 2.05) is 42.5 Å². The van der Waals surface area contributed by atoms with Gasteiger partial charge in [-0.3, -0.25) is 9.78 Å². The minimum atomic E-state index is -0.193. The molecule has 166 valence electrons. The summed E-state index contributed by atoms with van der Waals surface area (Å²) in [6.07, 6.45) is 6.08. The molecular formula is C24H27N5O2S. The van der Waals surface area contributed by atoms with Crippen LogP contribution in [0.3, 0.4) is 0 Å². The first-order valence-electron chi connectivity index (χ1n) is 10.5. The summed E-state index contributed by atoms with van der Waals surface area (Å²) in [7, 11) is 1.49. The van der Waals surface area contributed by atoms with Crippen LogP contribution in [0.5, 0.6) is 0 Å². The van der Waals surface area contributed by atoms with Gasteiger partial charge in [0, 0.05) is 43.1 Å². The third-order valence-electron chi connectivity index (χ3n) is 5.48. The number of amides is 1. The Kier molecular flexibility index (Phi) is 6.53. The number of rotatable bonds is 7. The number of nitrogens with zero attached hydrogens (tertiary/aromatic N) is 3. The van der Waals surface area contributed by atoms with Crippen LogP contribution in [0.1, 0.15) is 43.2 Å². The van der Waals surface area contributed by atoms with Crippen molar-refractivity contribution in [2.75, 3.05) is 23.9 Å². The predicted octanol–water partition coefficient (Wildman–Crippen LogP) is 4.23. The van der Waals surface area contributed by atoms with Crippen molar-refractivity contribution in [3.05, 3.63) is 78.4 Å². The molecule has 3 aromatic rings. The number of pyridine rings is 1. The molecule has 1 aliphatic heterocycles. The van der Waals surface area contributed by atoms with Crippen molar-refractivity contribution in [3.8, 4) is 0 Å². The molecule has 2 atom stereocenters. The SMILES string of the molecule is COCC(=O)Nc1ccc(N2C(=S)N[C@H](c3ccccn3)[C@@H]2c2ccn(C(C)C)c2)cc1. The topological polar surface area (TPSA) is 71.4 Å². The minimum Gasteiger partial charge on any atom is -0.375 e. The van der Waals surface area contributed by atoms with Gasteiger partial charge in [-0.2, -0.15) is 0 Å². The van der Waals surface area contributed by atoms with Crippen molar-refractivity contribution in [2.24, 2.45) is 0 Å². The van der Waals surface area contributed by atoms with Crippen LogP contribution < -0.4 is 15.5 Å². The smallest absolute Gasteiger partial charge is 0.250 e. The highest BCUT2D eigenvalue weighted by atomic mass is 32.1. The maximum Gasteiger partial charge on any atom is 0.250 e. The lowest BCUT2D eigenvalue weighted by Gasteiger charge is -2.27. The van der Waals surface area contributed by atoms with Gasteiger partial charge in [-0.05, 0) is 74.1 Å². The molecule has 1 saturated heterocycles. The molecule has 1 aromatic carbocycles. The highest BCUT2D eigenvalue weighted by Crippen LogP contribution is 2.41. The first kappa shape index (κ1) is 22.0. The summed E-state index contributed by atoms with van der Waals surface area (Å²) in [4.78, 5) is 18.5. The summed E-state index contributed by atoms with van der Waals surface area (Å²) in [5.74, 6) is -0.193. The van der Waals surface area contributed by atoms with Gasteiger partial charge in [0.2, 0.25) is 5.91 Å². The van der Waals surface area contributed by atoms with Crippen molar-refractivity contribution in [1.82, 2.24) is 14.9 Å². The Labute approximate surface area is 193 Å². The predicted molar refractivity (Wildman–Crippen MR) is 130 cm³/mol. The molecule has 0 spiro atoms. The van der Waals surface area contributed by atoms with Gasteiger partial charge < -0.3 is 24.8 Å². The van der Waals surface area contributed by atoms with Crippen molar-refractivity contribution in [2.45, 2.75) is 32.0 Å². The number of methoxy groups -OCH3 is 1. The molecule has 0 unspecified atom stereocenters. The molecule has 0 radical (unpaired) electrons. The number of anilines is 2. The normalized spacial score (nSPS) is 18.1. The summed E-state index contributed by atoms with van der Waals surface area (Å²) < 4.78 is 7.07. The second-order valence-electron chi connectivity index (χ2n) is 8.01. The van der Waals surface area contributed by atoms with E-state index >= 15 is 0 Å². The third-order valence-corrected chi connectivity index (χ3v) is 5.79. The number of ether oxygens (including phenoxy) is 1. The second-order valence-corrected chi connectivity index (χ2v) is 8.40. The molecule has 3 heterocycles. The van der Waals surface area contributed by atoms with E-state index in [0.29, 0.717) is 16.8 Å². The number of aromatic nitrogens is 2. The molecule has 0 saturated carbocycles. The monoisotopic (exact) mass is 449 g/mol. The van der Waals surface area contributed by atoms with Gasteiger partial charge in [0.1, 0.15) is 6.61 Å². The lowest BCUT2D eigenvalue weighted by atomic mass is 9.98. The fourth-order valence-electron chi connectivity index (χ4n) is 3.93. The number of benzene rings is 1. The van der Waals surface area contributed by atoms with Crippen LogP contribution in [0.4, 0.5) is 11.4 Å². The molecular weight excluding hydrogens is 422 g/mol. The van der Waals surface area contributed by atoms with Crippen molar-refractivity contribution in [1.29, 1.82) is 0 Å². The van der Waals surface area contributed by atoms with Crippen LogP contribution in [-0.4, -0.2) is 34.3 Å². The fourth-order valence-corrected chi connectivity index (χ4v) is 4.28. The minimum absolute atomic E-state index is 0.0164. The van der Waals surface area contributed by atoms with Gasteiger partial charge >= 0.3 is 0 Å². The first-order valence-corrected chi connectivity index (χ1v) is 11.0. The maximum atomic E-state index is 11.8. The summed E-state index contributed by atoms with van der Waals surface area (Å²) in [5.41, 5.74) is 3.73. The highest BCUT2D eigenvalue weighted by molar-refractivity contribution is 7.80. The number of hydrogen-bond donors (Lipinski definition) is 2. The van der Waals surface area contributed by atoms with Crippen LogP contribution in [0.2, 0.25) is 0 Å². The number of nitrogens with one attached hydrogen (secondary N) is 2. The quantitative estimate of drug-likeness (QED) is 0.526. The number of thiocarbonyl (C=S) groups is 1. The molecule has 2 N–H and O–H groups in total. The van der Waals surface area contributed by atoms with Gasteiger partial charge in [0.15, 0.2) is 5.11 Å². The van der Waals surface area contributed by atoms with E-state index in [4.69, 9.17) is 17.0 Å². The van der Waals surface area contributed by atoms with E-state index < -0.39 is 0 Å². The van der Waals surface area contributed by atoms with E-state index in [1.165, 1.54) is 7.11 Å². The second kappa shape index (κ2) is 9.50. The van der Waals surface area contributed by atoms with Crippen molar-refractivity contribution < 1.29 is 9.53 Å². The average Bonchev–Trinajstić information content (AvgIpc) is 3.40. The standard InChI is InChI=1S/C24H27N5O2S/c1-16(2)28-13-11-17(14-28)23-22(20-6-4-5-12-25-20)27-24(32)29(23)19-9-7-18(8-10-19)26-21(30)15-31-3/h4-14,16,22-23H,15H2,1-3H3,(H,26,30)(H,27,32)/t22-,23+/m1/s1. The lowest BCUT2D eigenvalue weighted by molar-refractivity contribution is -0.119. The Morgan fingerprint density at radius 2 is 2.00 bits per heavy atom. The van der Waals surface area contributed by atoms with Crippen molar-refractivity contribution in [3.63, 3.8) is 0 Å². The molecule has 0 bridgehead atoms.